The van der Waals surface area contributed by atoms with Gasteiger partial charge in [-0.05, 0) is 49.0 Å². The molecule has 0 radical (unpaired) electrons. The summed E-state index contributed by atoms with van der Waals surface area (Å²) in [6.07, 6.45) is 9.97. The fourth-order valence-corrected chi connectivity index (χ4v) is 3.47. The van der Waals surface area contributed by atoms with Crippen LogP contribution in [0, 0.1) is 0 Å². The summed E-state index contributed by atoms with van der Waals surface area (Å²) >= 11 is 0. The lowest BCUT2D eigenvalue weighted by molar-refractivity contribution is -0.131. The molecule has 2 aliphatic rings. The van der Waals surface area contributed by atoms with Crippen molar-refractivity contribution < 1.29 is 9.53 Å². The van der Waals surface area contributed by atoms with E-state index >= 15 is 0 Å². The minimum Gasteiger partial charge on any atom is -0.497 e. The third-order valence-electron chi connectivity index (χ3n) is 4.88. The van der Waals surface area contributed by atoms with Crippen molar-refractivity contribution in [1.29, 1.82) is 0 Å². The summed E-state index contributed by atoms with van der Waals surface area (Å²) in [5.41, 5.74) is 2.15. The molecule has 122 valence electrons. The van der Waals surface area contributed by atoms with Gasteiger partial charge in [-0.3, -0.25) is 10.1 Å². The summed E-state index contributed by atoms with van der Waals surface area (Å²) in [7, 11) is 3.57. The van der Waals surface area contributed by atoms with Gasteiger partial charge in [0.1, 0.15) is 11.4 Å². The van der Waals surface area contributed by atoms with Gasteiger partial charge in [0, 0.05) is 19.7 Å². The van der Waals surface area contributed by atoms with Crippen molar-refractivity contribution in [1.82, 2.24) is 10.2 Å². The average Bonchev–Trinajstić information content (AvgIpc) is 2.59. The number of likely N-dealkylation sites (N-methyl/N-ethyl adjacent to an activating group) is 1. The van der Waals surface area contributed by atoms with Crippen molar-refractivity contribution in [3.05, 3.63) is 53.6 Å². The summed E-state index contributed by atoms with van der Waals surface area (Å²) in [4.78, 5) is 14.0. The molecule has 0 aromatic heterocycles. The number of nitrogens with zero attached hydrogens (tertiary/aromatic N) is 1. The van der Waals surface area contributed by atoms with Gasteiger partial charge in [0.2, 0.25) is 5.91 Å². The smallest absolute Gasteiger partial charge is 0.248 e. The van der Waals surface area contributed by atoms with E-state index in [0.29, 0.717) is 0 Å². The maximum absolute atomic E-state index is 12.1. The van der Waals surface area contributed by atoms with Crippen LogP contribution < -0.4 is 10.1 Å². The summed E-state index contributed by atoms with van der Waals surface area (Å²) in [6.45, 7) is 0.829. The highest BCUT2D eigenvalue weighted by molar-refractivity contribution is 5.90. The standard InChI is InChI=1S/C19H24N2O2/c1-21-18(22)11-8-16-5-3-4-13-19(16,21)20-14-12-15-6-9-17(23-2)10-7-15/h5-11,20H,3-4,12-14H2,1-2H3. The number of hydrogen-bond acceptors (Lipinski definition) is 3. The topological polar surface area (TPSA) is 41.6 Å². The van der Waals surface area contributed by atoms with E-state index in [0.717, 1.165) is 38.0 Å². The fraction of sp³-hybridized carbons (Fsp3) is 0.421. The largest absolute Gasteiger partial charge is 0.497 e. The molecule has 3 rings (SSSR count). The molecule has 1 aromatic carbocycles. The Kier molecular flexibility index (Phi) is 4.53. The molecule has 4 heteroatoms. The van der Waals surface area contributed by atoms with Crippen LogP contribution in [0.2, 0.25) is 0 Å². The molecule has 1 N–H and O–H groups in total. The Hall–Kier alpha value is -2.07. The molecule has 0 saturated heterocycles. The number of carbonyl (C=O) groups is 1. The van der Waals surface area contributed by atoms with Gasteiger partial charge in [0.15, 0.2) is 0 Å². The summed E-state index contributed by atoms with van der Waals surface area (Å²) in [5.74, 6) is 0.946. The Morgan fingerprint density at radius 2 is 2.04 bits per heavy atom. The Morgan fingerprint density at radius 1 is 1.26 bits per heavy atom. The highest BCUT2D eigenvalue weighted by atomic mass is 16.5. The lowest BCUT2D eigenvalue weighted by Gasteiger charge is -2.47. The van der Waals surface area contributed by atoms with Crippen molar-refractivity contribution >= 4 is 5.91 Å². The van der Waals surface area contributed by atoms with Gasteiger partial charge in [-0.15, -0.1) is 0 Å². The maximum Gasteiger partial charge on any atom is 0.248 e. The van der Waals surface area contributed by atoms with Gasteiger partial charge in [-0.1, -0.05) is 24.3 Å². The van der Waals surface area contributed by atoms with Crippen LogP contribution >= 0.6 is 0 Å². The Morgan fingerprint density at radius 3 is 2.78 bits per heavy atom. The van der Waals surface area contributed by atoms with Crippen LogP contribution in [0.5, 0.6) is 5.75 Å². The quantitative estimate of drug-likeness (QED) is 0.909. The first-order valence-electron chi connectivity index (χ1n) is 8.20. The predicted octanol–water partition coefficient (Wildman–Crippen LogP) is 2.66. The van der Waals surface area contributed by atoms with E-state index < -0.39 is 0 Å². The number of carbonyl (C=O) groups excluding carboxylic acids is 1. The second-order valence-electron chi connectivity index (χ2n) is 6.17. The molecule has 1 atom stereocenters. The van der Waals surface area contributed by atoms with E-state index in [1.54, 1.807) is 13.2 Å². The number of fused-ring (bicyclic) bond motifs is 1. The summed E-state index contributed by atoms with van der Waals surface area (Å²) in [6, 6.07) is 8.15. The lowest BCUT2D eigenvalue weighted by Crippen LogP contribution is -2.62. The molecule has 1 unspecified atom stereocenters. The maximum atomic E-state index is 12.1. The number of rotatable bonds is 5. The van der Waals surface area contributed by atoms with E-state index in [1.165, 1.54) is 11.1 Å². The molecule has 1 aliphatic carbocycles. The lowest BCUT2D eigenvalue weighted by atomic mass is 9.83. The van der Waals surface area contributed by atoms with Gasteiger partial charge < -0.3 is 9.64 Å². The SMILES string of the molecule is COc1ccc(CCNC23CCCC=C2C=CC(=O)N3C)cc1. The van der Waals surface area contributed by atoms with Crippen LogP contribution in [0.4, 0.5) is 0 Å². The van der Waals surface area contributed by atoms with Crippen LogP contribution in [0.15, 0.2) is 48.1 Å². The zero-order chi connectivity index (χ0) is 16.3. The van der Waals surface area contributed by atoms with Gasteiger partial charge in [-0.2, -0.15) is 0 Å². The predicted molar refractivity (Wildman–Crippen MR) is 91.3 cm³/mol. The third-order valence-corrected chi connectivity index (χ3v) is 4.88. The van der Waals surface area contributed by atoms with Crippen molar-refractivity contribution in [2.45, 2.75) is 31.3 Å². The molecular formula is C19H24N2O2. The molecule has 0 spiro atoms. The molecule has 23 heavy (non-hydrogen) atoms. The highest BCUT2D eigenvalue weighted by Gasteiger charge is 2.42. The number of benzene rings is 1. The first-order valence-corrected chi connectivity index (χ1v) is 8.20. The van der Waals surface area contributed by atoms with Crippen molar-refractivity contribution in [2.24, 2.45) is 0 Å². The Labute approximate surface area is 137 Å². The minimum absolute atomic E-state index is 0.0704. The third kappa shape index (κ3) is 3.04. The molecule has 0 fully saturated rings. The van der Waals surface area contributed by atoms with Crippen molar-refractivity contribution in [3.8, 4) is 5.75 Å². The second-order valence-corrected chi connectivity index (χ2v) is 6.17. The van der Waals surface area contributed by atoms with Crippen LogP contribution in [0.1, 0.15) is 24.8 Å². The molecule has 0 saturated carbocycles. The monoisotopic (exact) mass is 312 g/mol. The van der Waals surface area contributed by atoms with E-state index in [4.69, 9.17) is 4.74 Å². The molecule has 0 bridgehead atoms. The fourth-order valence-electron chi connectivity index (χ4n) is 3.47. The minimum atomic E-state index is -0.337. The van der Waals surface area contributed by atoms with Crippen molar-refractivity contribution in [2.75, 3.05) is 20.7 Å². The van der Waals surface area contributed by atoms with Crippen LogP contribution in [0.3, 0.4) is 0 Å². The number of allylic oxidation sites excluding steroid dienone is 1. The van der Waals surface area contributed by atoms with Crippen LogP contribution in [-0.4, -0.2) is 37.2 Å². The zero-order valence-electron chi connectivity index (χ0n) is 13.8. The molecular weight excluding hydrogens is 288 g/mol. The molecule has 1 aliphatic heterocycles. The van der Waals surface area contributed by atoms with E-state index in [-0.39, 0.29) is 11.6 Å². The van der Waals surface area contributed by atoms with E-state index in [1.807, 2.05) is 30.2 Å². The van der Waals surface area contributed by atoms with E-state index in [9.17, 15) is 4.79 Å². The Balaban J connectivity index is 1.69. The summed E-state index contributed by atoms with van der Waals surface area (Å²) < 4.78 is 5.19. The molecule has 1 heterocycles. The average molecular weight is 312 g/mol. The Bertz CT molecular complexity index is 633. The highest BCUT2D eigenvalue weighted by Crippen LogP contribution is 2.35. The van der Waals surface area contributed by atoms with Crippen LogP contribution in [-0.2, 0) is 11.2 Å². The normalized spacial score (nSPS) is 23.5. The zero-order valence-corrected chi connectivity index (χ0v) is 13.8. The first kappa shape index (κ1) is 15.8. The number of ether oxygens (including phenoxy) is 1. The summed E-state index contributed by atoms with van der Waals surface area (Å²) in [5, 5.41) is 3.65. The van der Waals surface area contributed by atoms with Gasteiger partial charge in [0.05, 0.1) is 7.11 Å². The molecule has 4 nitrogen and oxygen atoms in total. The number of nitrogens with one attached hydrogen (secondary N) is 1. The molecule has 1 amide bonds. The number of hydrogen-bond donors (Lipinski definition) is 1. The van der Waals surface area contributed by atoms with Gasteiger partial charge in [-0.25, -0.2) is 0 Å². The first-order chi connectivity index (χ1) is 11.2. The number of amides is 1. The van der Waals surface area contributed by atoms with E-state index in [2.05, 4.69) is 23.5 Å². The number of methoxy groups -OCH3 is 1. The van der Waals surface area contributed by atoms with Gasteiger partial charge >= 0.3 is 0 Å². The second kappa shape index (κ2) is 6.59. The van der Waals surface area contributed by atoms with Crippen molar-refractivity contribution in [3.63, 3.8) is 0 Å². The van der Waals surface area contributed by atoms with Crippen LogP contribution in [0.25, 0.3) is 0 Å². The van der Waals surface area contributed by atoms with Gasteiger partial charge in [0.25, 0.3) is 0 Å². The molecule has 1 aromatic rings.